The van der Waals surface area contributed by atoms with Gasteiger partial charge in [0.05, 0.1) is 12.6 Å². The number of aromatic nitrogens is 1. The summed E-state index contributed by atoms with van der Waals surface area (Å²) in [6.45, 7) is 1.89. The topological polar surface area (TPSA) is 46.5 Å². The van der Waals surface area contributed by atoms with E-state index in [1.807, 2.05) is 54.6 Å². The first-order valence-corrected chi connectivity index (χ1v) is 10.1. The van der Waals surface area contributed by atoms with Gasteiger partial charge in [-0.3, -0.25) is 9.69 Å². The second-order valence-corrected chi connectivity index (χ2v) is 7.52. The molecule has 1 atom stereocenters. The summed E-state index contributed by atoms with van der Waals surface area (Å²) in [6.07, 6.45) is 4.28. The lowest BCUT2D eigenvalue weighted by Gasteiger charge is -2.24. The van der Waals surface area contributed by atoms with E-state index < -0.39 is 0 Å². The molecule has 1 N–H and O–H groups in total. The molecule has 1 fully saturated rings. The number of carbonyl (C=O) groups is 1. The van der Waals surface area contributed by atoms with E-state index >= 15 is 0 Å². The zero-order valence-electron chi connectivity index (χ0n) is 16.8. The first-order chi connectivity index (χ1) is 14.2. The third-order valence-corrected chi connectivity index (χ3v) is 5.42. The van der Waals surface area contributed by atoms with Crippen molar-refractivity contribution in [2.75, 3.05) is 18.4 Å². The van der Waals surface area contributed by atoms with E-state index in [1.54, 1.807) is 0 Å². The van der Waals surface area contributed by atoms with E-state index in [0.717, 1.165) is 36.4 Å². The van der Waals surface area contributed by atoms with E-state index in [0.29, 0.717) is 19.2 Å². The standard InChI is InChI=1S/C24H27N3O2/c1-26-15-5-9-22(26)23-10-6-16-27(23)17-24(28)25-20-11-13-21(14-12-20)29-18-19-7-3-2-4-8-19/h2-5,7-9,11-15,23H,6,10,16-18H2,1H3,(H,25,28)/t23-/m1/s1. The van der Waals surface area contributed by atoms with Crippen molar-refractivity contribution in [1.82, 2.24) is 9.47 Å². The van der Waals surface area contributed by atoms with E-state index in [4.69, 9.17) is 4.74 Å². The maximum atomic E-state index is 12.6. The molecule has 0 bridgehead atoms. The van der Waals surface area contributed by atoms with Crippen molar-refractivity contribution in [3.63, 3.8) is 0 Å². The van der Waals surface area contributed by atoms with Gasteiger partial charge in [0.25, 0.3) is 0 Å². The van der Waals surface area contributed by atoms with Gasteiger partial charge in [-0.15, -0.1) is 0 Å². The van der Waals surface area contributed by atoms with Crippen LogP contribution in [0.4, 0.5) is 5.69 Å². The van der Waals surface area contributed by atoms with Crippen LogP contribution in [0, 0.1) is 0 Å². The Morgan fingerprint density at radius 1 is 1.07 bits per heavy atom. The second kappa shape index (κ2) is 8.97. The Kier molecular flexibility index (Phi) is 5.96. The number of likely N-dealkylation sites (tertiary alicyclic amines) is 1. The fourth-order valence-corrected chi connectivity index (χ4v) is 3.93. The third kappa shape index (κ3) is 4.87. The minimum absolute atomic E-state index is 0.0177. The number of rotatable bonds is 7. The normalized spacial score (nSPS) is 16.7. The predicted octanol–water partition coefficient (Wildman–Crippen LogP) is 4.38. The first kappa shape index (κ1) is 19.3. The number of carbonyl (C=O) groups excluding carboxylic acids is 1. The van der Waals surface area contributed by atoms with Gasteiger partial charge in [-0.25, -0.2) is 0 Å². The summed E-state index contributed by atoms with van der Waals surface area (Å²) < 4.78 is 7.95. The van der Waals surface area contributed by atoms with Crippen molar-refractivity contribution in [2.24, 2.45) is 7.05 Å². The van der Waals surface area contributed by atoms with Crippen molar-refractivity contribution < 1.29 is 9.53 Å². The average molecular weight is 389 g/mol. The van der Waals surface area contributed by atoms with Crippen LogP contribution in [0.1, 0.15) is 30.1 Å². The molecule has 0 spiro atoms. The Hall–Kier alpha value is -3.05. The molecule has 1 aromatic heterocycles. The molecule has 0 unspecified atom stereocenters. The van der Waals surface area contributed by atoms with Gasteiger partial charge in [0.1, 0.15) is 12.4 Å². The van der Waals surface area contributed by atoms with Crippen LogP contribution in [0.2, 0.25) is 0 Å². The summed E-state index contributed by atoms with van der Waals surface area (Å²) >= 11 is 0. The van der Waals surface area contributed by atoms with Crippen molar-refractivity contribution in [3.8, 4) is 5.75 Å². The minimum atomic E-state index is 0.0177. The molecule has 29 heavy (non-hydrogen) atoms. The number of nitrogens with one attached hydrogen (secondary N) is 1. The molecule has 2 heterocycles. The largest absolute Gasteiger partial charge is 0.489 e. The quantitative estimate of drug-likeness (QED) is 0.652. The van der Waals surface area contributed by atoms with Crippen LogP contribution in [0.15, 0.2) is 72.9 Å². The highest BCUT2D eigenvalue weighted by molar-refractivity contribution is 5.92. The number of hydrogen-bond donors (Lipinski definition) is 1. The molecule has 5 heteroatoms. The van der Waals surface area contributed by atoms with Crippen LogP contribution in [0.25, 0.3) is 0 Å². The van der Waals surface area contributed by atoms with E-state index in [-0.39, 0.29) is 5.91 Å². The number of benzene rings is 2. The van der Waals surface area contributed by atoms with Crippen molar-refractivity contribution in [3.05, 3.63) is 84.2 Å². The predicted molar refractivity (Wildman–Crippen MR) is 115 cm³/mol. The summed E-state index contributed by atoms with van der Waals surface area (Å²) in [4.78, 5) is 14.8. The summed E-state index contributed by atoms with van der Waals surface area (Å²) in [5, 5.41) is 3.01. The summed E-state index contributed by atoms with van der Waals surface area (Å²) in [5.74, 6) is 0.805. The lowest BCUT2D eigenvalue weighted by molar-refractivity contribution is -0.117. The number of amides is 1. The van der Waals surface area contributed by atoms with Crippen LogP contribution in [-0.2, 0) is 18.4 Å². The molecule has 1 aliphatic rings. The van der Waals surface area contributed by atoms with E-state index in [1.165, 1.54) is 5.69 Å². The Morgan fingerprint density at radius 2 is 1.86 bits per heavy atom. The molecule has 3 aromatic rings. The smallest absolute Gasteiger partial charge is 0.238 e. The van der Waals surface area contributed by atoms with Crippen molar-refractivity contribution in [2.45, 2.75) is 25.5 Å². The Morgan fingerprint density at radius 3 is 2.59 bits per heavy atom. The van der Waals surface area contributed by atoms with Gasteiger partial charge in [-0.2, -0.15) is 0 Å². The van der Waals surface area contributed by atoms with Gasteiger partial charge in [0.15, 0.2) is 0 Å². The van der Waals surface area contributed by atoms with E-state index in [2.05, 4.69) is 40.2 Å². The number of ether oxygens (including phenoxy) is 1. The molecular formula is C24H27N3O2. The van der Waals surface area contributed by atoms with Gasteiger partial charge in [0.2, 0.25) is 5.91 Å². The first-order valence-electron chi connectivity index (χ1n) is 10.1. The molecule has 5 nitrogen and oxygen atoms in total. The number of anilines is 1. The molecule has 0 saturated carbocycles. The monoisotopic (exact) mass is 389 g/mol. The molecule has 2 aromatic carbocycles. The molecule has 0 aliphatic carbocycles. The molecule has 1 aliphatic heterocycles. The van der Waals surface area contributed by atoms with Crippen LogP contribution in [0.3, 0.4) is 0 Å². The highest BCUT2D eigenvalue weighted by atomic mass is 16.5. The van der Waals surface area contributed by atoms with Crippen LogP contribution >= 0.6 is 0 Å². The Bertz CT molecular complexity index is 934. The van der Waals surface area contributed by atoms with Gasteiger partial charge in [-0.05, 0) is 61.3 Å². The Labute approximate surface area is 171 Å². The number of hydrogen-bond acceptors (Lipinski definition) is 3. The minimum Gasteiger partial charge on any atom is -0.489 e. The molecule has 4 rings (SSSR count). The van der Waals surface area contributed by atoms with E-state index in [9.17, 15) is 4.79 Å². The fraction of sp³-hybridized carbons (Fsp3) is 0.292. The maximum Gasteiger partial charge on any atom is 0.238 e. The number of nitrogens with zero attached hydrogens (tertiary/aromatic N) is 2. The third-order valence-electron chi connectivity index (χ3n) is 5.42. The Balaban J connectivity index is 1.30. The zero-order chi connectivity index (χ0) is 20.1. The molecule has 1 amide bonds. The molecule has 1 saturated heterocycles. The second-order valence-electron chi connectivity index (χ2n) is 7.52. The molecule has 150 valence electrons. The average Bonchev–Trinajstić information content (AvgIpc) is 3.36. The lowest BCUT2D eigenvalue weighted by Crippen LogP contribution is -2.33. The van der Waals surface area contributed by atoms with Gasteiger partial charge in [0, 0.05) is 24.6 Å². The SMILES string of the molecule is Cn1cccc1[C@H]1CCCN1CC(=O)Nc1ccc(OCc2ccccc2)cc1. The molecular weight excluding hydrogens is 362 g/mol. The van der Waals surface area contributed by atoms with Crippen LogP contribution in [-0.4, -0.2) is 28.5 Å². The summed E-state index contributed by atoms with van der Waals surface area (Å²) in [5.41, 5.74) is 3.19. The fourth-order valence-electron chi connectivity index (χ4n) is 3.93. The van der Waals surface area contributed by atoms with Crippen molar-refractivity contribution in [1.29, 1.82) is 0 Å². The molecule has 0 radical (unpaired) electrons. The summed E-state index contributed by atoms with van der Waals surface area (Å²) in [6, 6.07) is 22.1. The van der Waals surface area contributed by atoms with Gasteiger partial charge >= 0.3 is 0 Å². The zero-order valence-corrected chi connectivity index (χ0v) is 16.8. The summed E-state index contributed by atoms with van der Waals surface area (Å²) in [7, 11) is 2.06. The highest BCUT2D eigenvalue weighted by Crippen LogP contribution is 2.31. The van der Waals surface area contributed by atoms with Crippen LogP contribution < -0.4 is 10.1 Å². The van der Waals surface area contributed by atoms with Gasteiger partial charge in [-0.1, -0.05) is 30.3 Å². The number of aryl methyl sites for hydroxylation is 1. The van der Waals surface area contributed by atoms with Crippen LogP contribution in [0.5, 0.6) is 5.75 Å². The lowest BCUT2D eigenvalue weighted by atomic mass is 10.1. The maximum absolute atomic E-state index is 12.6. The van der Waals surface area contributed by atoms with Crippen molar-refractivity contribution >= 4 is 11.6 Å². The van der Waals surface area contributed by atoms with Gasteiger partial charge < -0.3 is 14.6 Å². The highest BCUT2D eigenvalue weighted by Gasteiger charge is 2.28.